The Balaban J connectivity index is 2.52. The van der Waals surface area contributed by atoms with Gasteiger partial charge >= 0.3 is 6.18 Å². The van der Waals surface area contributed by atoms with Crippen LogP contribution >= 0.6 is 0 Å². The zero-order chi connectivity index (χ0) is 7.83. The molecular formula is C5H9F3N2. The van der Waals surface area contributed by atoms with Gasteiger partial charge in [-0.2, -0.15) is 13.2 Å². The molecule has 60 valence electrons. The van der Waals surface area contributed by atoms with Gasteiger partial charge in [-0.05, 0) is 6.42 Å². The normalized spacial score (nSPS) is 22.8. The Morgan fingerprint density at radius 2 is 1.80 bits per heavy atom. The SMILES string of the molecule is CCCC1(C(F)(F)F)NN1. The molecule has 1 heterocycles. The predicted octanol–water partition coefficient (Wildman–Crippen LogP) is 1.15. The highest BCUT2D eigenvalue weighted by molar-refractivity contribution is 5.00. The maximum absolute atomic E-state index is 12.0. The van der Waals surface area contributed by atoms with E-state index >= 15 is 0 Å². The number of hydrogen-bond acceptors (Lipinski definition) is 2. The van der Waals surface area contributed by atoms with E-state index < -0.39 is 11.8 Å². The Kier molecular flexibility index (Phi) is 1.64. The first-order valence-electron chi connectivity index (χ1n) is 3.13. The topological polar surface area (TPSA) is 43.9 Å². The van der Waals surface area contributed by atoms with Gasteiger partial charge in [-0.15, -0.1) is 0 Å². The number of hydrogen-bond donors (Lipinski definition) is 2. The molecule has 0 aliphatic carbocycles. The van der Waals surface area contributed by atoms with Gasteiger partial charge in [-0.1, -0.05) is 13.3 Å². The molecule has 2 nitrogen and oxygen atoms in total. The van der Waals surface area contributed by atoms with Crippen molar-refractivity contribution in [1.82, 2.24) is 10.9 Å². The van der Waals surface area contributed by atoms with Crippen molar-refractivity contribution in [3.05, 3.63) is 0 Å². The summed E-state index contributed by atoms with van der Waals surface area (Å²) in [5, 5.41) is 0. The Bertz CT molecular complexity index is 127. The molecule has 0 spiro atoms. The lowest BCUT2D eigenvalue weighted by atomic mass is 10.1. The molecule has 0 aromatic rings. The van der Waals surface area contributed by atoms with Crippen molar-refractivity contribution in [2.24, 2.45) is 0 Å². The van der Waals surface area contributed by atoms with Gasteiger partial charge in [-0.25, -0.2) is 10.9 Å². The Hall–Kier alpha value is -0.290. The molecule has 0 aromatic heterocycles. The molecule has 0 atom stereocenters. The third-order valence-corrected chi connectivity index (χ3v) is 1.54. The van der Waals surface area contributed by atoms with Gasteiger partial charge in [-0.3, -0.25) is 0 Å². The van der Waals surface area contributed by atoms with Gasteiger partial charge in [0.15, 0.2) is 5.66 Å². The van der Waals surface area contributed by atoms with Crippen LogP contribution < -0.4 is 10.9 Å². The molecule has 10 heavy (non-hydrogen) atoms. The maximum Gasteiger partial charge on any atom is 0.422 e. The fourth-order valence-electron chi connectivity index (χ4n) is 0.859. The first-order valence-corrected chi connectivity index (χ1v) is 3.13. The van der Waals surface area contributed by atoms with Crippen molar-refractivity contribution >= 4 is 0 Å². The molecule has 1 aliphatic heterocycles. The summed E-state index contributed by atoms with van der Waals surface area (Å²) in [5.41, 5.74) is 2.47. The Morgan fingerprint density at radius 1 is 1.30 bits per heavy atom. The first-order chi connectivity index (χ1) is 4.52. The summed E-state index contributed by atoms with van der Waals surface area (Å²) >= 11 is 0. The van der Waals surface area contributed by atoms with E-state index in [-0.39, 0.29) is 6.42 Å². The van der Waals surface area contributed by atoms with Crippen molar-refractivity contribution in [3.63, 3.8) is 0 Å². The fourth-order valence-corrected chi connectivity index (χ4v) is 0.859. The summed E-state index contributed by atoms with van der Waals surface area (Å²) in [6.07, 6.45) is -3.56. The fraction of sp³-hybridized carbons (Fsp3) is 1.00. The third kappa shape index (κ3) is 1.11. The number of nitrogens with one attached hydrogen (secondary N) is 2. The van der Waals surface area contributed by atoms with Gasteiger partial charge in [0.25, 0.3) is 0 Å². The van der Waals surface area contributed by atoms with E-state index in [1.807, 2.05) is 0 Å². The highest BCUT2D eigenvalue weighted by Gasteiger charge is 2.62. The first kappa shape index (κ1) is 7.81. The number of rotatable bonds is 2. The summed E-state index contributed by atoms with van der Waals surface area (Å²) in [5.74, 6) is 0. The average Bonchev–Trinajstić information content (AvgIpc) is 2.45. The number of hydrazine groups is 1. The van der Waals surface area contributed by atoms with Gasteiger partial charge in [0.1, 0.15) is 0 Å². The summed E-state index contributed by atoms with van der Waals surface area (Å²) in [6.45, 7) is 1.72. The average molecular weight is 154 g/mol. The second-order valence-electron chi connectivity index (χ2n) is 2.40. The molecule has 0 aromatic carbocycles. The second kappa shape index (κ2) is 2.10. The van der Waals surface area contributed by atoms with Crippen LogP contribution in [0.3, 0.4) is 0 Å². The summed E-state index contributed by atoms with van der Waals surface area (Å²) in [6, 6.07) is 0. The second-order valence-corrected chi connectivity index (χ2v) is 2.40. The zero-order valence-electron chi connectivity index (χ0n) is 5.55. The standard InChI is InChI=1S/C5H9F3N2/c1-2-3-4(9-10-4)5(6,7)8/h9-10H,2-3H2,1H3. The minimum atomic E-state index is -4.16. The smallest absolute Gasteiger partial charge is 0.227 e. The van der Waals surface area contributed by atoms with Crippen molar-refractivity contribution in [1.29, 1.82) is 0 Å². The van der Waals surface area contributed by atoms with Crippen LogP contribution in [0.4, 0.5) is 13.2 Å². The Morgan fingerprint density at radius 3 is 1.90 bits per heavy atom. The van der Waals surface area contributed by atoms with E-state index in [4.69, 9.17) is 0 Å². The minimum absolute atomic E-state index is 0.0938. The van der Waals surface area contributed by atoms with Gasteiger partial charge in [0, 0.05) is 0 Å². The van der Waals surface area contributed by atoms with Crippen LogP contribution in [0.15, 0.2) is 0 Å². The highest BCUT2D eigenvalue weighted by Crippen LogP contribution is 2.36. The minimum Gasteiger partial charge on any atom is -0.227 e. The van der Waals surface area contributed by atoms with Gasteiger partial charge < -0.3 is 0 Å². The molecule has 1 aliphatic rings. The van der Waals surface area contributed by atoms with Crippen LogP contribution in [0.5, 0.6) is 0 Å². The van der Waals surface area contributed by atoms with Crippen LogP contribution in [-0.4, -0.2) is 11.8 Å². The van der Waals surface area contributed by atoms with E-state index in [1.54, 1.807) is 6.92 Å². The zero-order valence-corrected chi connectivity index (χ0v) is 5.55. The van der Waals surface area contributed by atoms with Crippen molar-refractivity contribution in [2.45, 2.75) is 31.6 Å². The van der Waals surface area contributed by atoms with Crippen LogP contribution in [0.25, 0.3) is 0 Å². The molecule has 0 radical (unpaired) electrons. The van der Waals surface area contributed by atoms with Crippen LogP contribution in [0, 0.1) is 0 Å². The number of alkyl halides is 3. The lowest BCUT2D eigenvalue weighted by molar-refractivity contribution is -0.164. The Labute approximate surface area is 56.8 Å². The van der Waals surface area contributed by atoms with E-state index in [0.717, 1.165) is 0 Å². The summed E-state index contributed by atoms with van der Waals surface area (Å²) in [7, 11) is 0. The molecule has 1 fully saturated rings. The van der Waals surface area contributed by atoms with Crippen molar-refractivity contribution < 1.29 is 13.2 Å². The maximum atomic E-state index is 12.0. The van der Waals surface area contributed by atoms with Crippen LogP contribution in [0.1, 0.15) is 19.8 Å². The highest BCUT2D eigenvalue weighted by atomic mass is 19.4. The predicted molar refractivity (Wildman–Crippen MR) is 30.0 cm³/mol. The van der Waals surface area contributed by atoms with Crippen molar-refractivity contribution in [2.75, 3.05) is 0 Å². The molecule has 0 bridgehead atoms. The van der Waals surface area contributed by atoms with E-state index in [0.29, 0.717) is 6.42 Å². The molecular weight excluding hydrogens is 145 g/mol. The monoisotopic (exact) mass is 154 g/mol. The van der Waals surface area contributed by atoms with E-state index in [9.17, 15) is 13.2 Å². The van der Waals surface area contributed by atoms with E-state index in [2.05, 4.69) is 10.9 Å². The molecule has 2 N–H and O–H groups in total. The quantitative estimate of drug-likeness (QED) is 0.586. The summed E-state index contributed by atoms with van der Waals surface area (Å²) < 4.78 is 35.9. The van der Waals surface area contributed by atoms with Gasteiger partial charge in [0.2, 0.25) is 0 Å². The molecule has 1 rings (SSSR count). The van der Waals surface area contributed by atoms with Crippen LogP contribution in [-0.2, 0) is 0 Å². The molecule has 0 unspecified atom stereocenters. The van der Waals surface area contributed by atoms with Gasteiger partial charge in [0.05, 0.1) is 0 Å². The third-order valence-electron chi connectivity index (χ3n) is 1.54. The van der Waals surface area contributed by atoms with Crippen molar-refractivity contribution in [3.8, 4) is 0 Å². The molecule has 1 saturated heterocycles. The lowest BCUT2D eigenvalue weighted by Gasteiger charge is -2.13. The molecule has 0 amide bonds. The molecule has 0 saturated carbocycles. The lowest BCUT2D eigenvalue weighted by Crippen LogP contribution is -2.37. The van der Waals surface area contributed by atoms with Crippen LogP contribution in [0.2, 0.25) is 0 Å². The van der Waals surface area contributed by atoms with E-state index in [1.165, 1.54) is 0 Å². The number of halogens is 3. The largest absolute Gasteiger partial charge is 0.422 e. The summed E-state index contributed by atoms with van der Waals surface area (Å²) in [4.78, 5) is 0. The molecule has 5 heteroatoms.